The Bertz CT molecular complexity index is 420. The molecule has 21 heavy (non-hydrogen) atoms. The van der Waals surface area contributed by atoms with E-state index < -0.39 is 20.0 Å². The van der Waals surface area contributed by atoms with Crippen LogP contribution in [-0.2, 0) is 4.43 Å². The average Bonchev–Trinajstić information content (AvgIpc) is 2.37. The minimum Gasteiger partial charge on any atom is -0.412 e. The lowest BCUT2D eigenvalue weighted by atomic mass is 10.0. The molecular formula is C16H26BrF2OSi. The SMILES string of the molecule is CC(C)[Si](OCC1=C(Br)C(F)=C(F)C[CH]1)(C(C)C)C(C)C. The fourth-order valence-corrected chi connectivity index (χ4v) is 9.37. The fraction of sp³-hybridized carbons (Fsp3) is 0.688. The molecule has 0 fully saturated rings. The Hall–Kier alpha value is -0.00312. The van der Waals surface area contributed by atoms with Gasteiger partial charge in [-0.2, -0.15) is 0 Å². The zero-order valence-corrected chi connectivity index (χ0v) is 16.4. The van der Waals surface area contributed by atoms with Gasteiger partial charge in [0.05, 0.1) is 11.1 Å². The lowest BCUT2D eigenvalue weighted by molar-refractivity contribution is 0.306. The lowest BCUT2D eigenvalue weighted by Gasteiger charge is -2.42. The first-order valence-electron chi connectivity index (χ1n) is 7.54. The largest absolute Gasteiger partial charge is 0.412 e. The monoisotopic (exact) mass is 379 g/mol. The molecule has 0 N–H and O–H groups in total. The van der Waals surface area contributed by atoms with Crippen molar-refractivity contribution < 1.29 is 13.2 Å². The molecule has 0 aromatic heterocycles. The Labute approximate surface area is 137 Å². The molecule has 0 bridgehead atoms. The minimum atomic E-state index is -1.99. The van der Waals surface area contributed by atoms with Crippen LogP contribution >= 0.6 is 15.9 Å². The highest BCUT2D eigenvalue weighted by molar-refractivity contribution is 9.12. The molecule has 0 amide bonds. The van der Waals surface area contributed by atoms with Gasteiger partial charge in [-0.05, 0) is 44.5 Å². The summed E-state index contributed by atoms with van der Waals surface area (Å²) in [5.74, 6) is -1.51. The van der Waals surface area contributed by atoms with Crippen molar-refractivity contribution in [2.24, 2.45) is 0 Å². The molecule has 0 spiro atoms. The zero-order valence-electron chi connectivity index (χ0n) is 13.8. The molecule has 0 saturated carbocycles. The van der Waals surface area contributed by atoms with Crippen LogP contribution in [0.25, 0.3) is 0 Å². The van der Waals surface area contributed by atoms with E-state index in [4.69, 9.17) is 4.43 Å². The van der Waals surface area contributed by atoms with Gasteiger partial charge in [-0.15, -0.1) is 0 Å². The van der Waals surface area contributed by atoms with Crippen molar-refractivity contribution in [3.63, 3.8) is 0 Å². The quantitative estimate of drug-likeness (QED) is 0.473. The standard InChI is InChI=1S/C16H26BrF2OSi/c1-10(2)21(11(3)4,12(5)6)20-9-13-7-8-14(18)16(19)15(13)17/h7,10-12H,8-9H2,1-6H3. The second-order valence-corrected chi connectivity index (χ2v) is 12.8. The molecule has 5 heteroatoms. The first-order valence-corrected chi connectivity index (χ1v) is 10.5. The van der Waals surface area contributed by atoms with Crippen LogP contribution in [0.3, 0.4) is 0 Å². The molecule has 0 atom stereocenters. The number of rotatable bonds is 6. The molecule has 1 nitrogen and oxygen atoms in total. The van der Waals surface area contributed by atoms with Crippen LogP contribution in [0.2, 0.25) is 16.6 Å². The van der Waals surface area contributed by atoms with Crippen molar-refractivity contribution in [1.29, 1.82) is 0 Å². The van der Waals surface area contributed by atoms with E-state index in [9.17, 15) is 8.78 Å². The second-order valence-electron chi connectivity index (χ2n) is 6.57. The molecular weight excluding hydrogens is 354 g/mol. The Morgan fingerprint density at radius 2 is 1.57 bits per heavy atom. The maximum atomic E-state index is 13.7. The highest BCUT2D eigenvalue weighted by Crippen LogP contribution is 2.43. The van der Waals surface area contributed by atoms with Crippen molar-refractivity contribution in [2.75, 3.05) is 6.61 Å². The van der Waals surface area contributed by atoms with Gasteiger partial charge in [-0.1, -0.05) is 41.5 Å². The summed E-state index contributed by atoms with van der Waals surface area (Å²) >= 11 is 3.15. The number of halogens is 3. The van der Waals surface area contributed by atoms with Gasteiger partial charge >= 0.3 is 0 Å². The van der Waals surface area contributed by atoms with E-state index in [-0.39, 0.29) is 10.9 Å². The second kappa shape index (κ2) is 7.51. The Morgan fingerprint density at radius 1 is 1.10 bits per heavy atom. The maximum absolute atomic E-state index is 13.7. The van der Waals surface area contributed by atoms with Crippen molar-refractivity contribution in [3.8, 4) is 0 Å². The van der Waals surface area contributed by atoms with Crippen LogP contribution < -0.4 is 0 Å². The normalized spacial score (nSPS) is 17.7. The van der Waals surface area contributed by atoms with Crippen molar-refractivity contribution >= 4 is 24.2 Å². The first kappa shape index (κ1) is 19.0. The van der Waals surface area contributed by atoms with E-state index in [1.165, 1.54) is 0 Å². The summed E-state index contributed by atoms with van der Waals surface area (Å²) in [6.45, 7) is 13.6. The molecule has 0 aliphatic heterocycles. The van der Waals surface area contributed by atoms with E-state index in [0.29, 0.717) is 28.8 Å². The third-order valence-electron chi connectivity index (χ3n) is 4.43. The molecule has 0 aromatic carbocycles. The van der Waals surface area contributed by atoms with Crippen LogP contribution in [0.1, 0.15) is 48.0 Å². The van der Waals surface area contributed by atoms with Gasteiger partial charge in [0.1, 0.15) is 5.83 Å². The molecule has 1 rings (SSSR count). The van der Waals surface area contributed by atoms with Gasteiger partial charge in [0.15, 0.2) is 5.83 Å². The van der Waals surface area contributed by atoms with Crippen LogP contribution in [0, 0.1) is 6.42 Å². The summed E-state index contributed by atoms with van der Waals surface area (Å²) in [6.07, 6.45) is 1.72. The van der Waals surface area contributed by atoms with Crippen molar-refractivity contribution in [2.45, 2.75) is 64.6 Å². The highest BCUT2D eigenvalue weighted by Gasteiger charge is 2.45. The van der Waals surface area contributed by atoms with Crippen LogP contribution in [0.5, 0.6) is 0 Å². The van der Waals surface area contributed by atoms with Crippen LogP contribution in [0.15, 0.2) is 21.7 Å². The summed E-state index contributed by atoms with van der Waals surface area (Å²) in [6, 6.07) is 0. The van der Waals surface area contributed by atoms with Gasteiger partial charge in [-0.25, -0.2) is 8.78 Å². The van der Waals surface area contributed by atoms with Crippen LogP contribution in [-0.4, -0.2) is 14.9 Å². The molecule has 0 saturated heterocycles. The van der Waals surface area contributed by atoms with E-state index >= 15 is 0 Å². The van der Waals surface area contributed by atoms with E-state index in [0.717, 1.165) is 0 Å². The molecule has 0 unspecified atom stereocenters. The van der Waals surface area contributed by atoms with Gasteiger partial charge in [0.2, 0.25) is 8.32 Å². The highest BCUT2D eigenvalue weighted by atomic mass is 79.9. The third-order valence-corrected chi connectivity index (χ3v) is 11.3. The first-order chi connectivity index (χ1) is 9.64. The van der Waals surface area contributed by atoms with Gasteiger partial charge in [-0.3, -0.25) is 0 Å². The summed E-state index contributed by atoms with van der Waals surface area (Å²) in [5, 5.41) is 0. The summed E-state index contributed by atoms with van der Waals surface area (Å²) < 4.78 is 33.5. The lowest BCUT2D eigenvalue weighted by Crippen LogP contribution is -2.48. The number of allylic oxidation sites excluding steroid dienone is 3. The Kier molecular flexibility index (Phi) is 6.81. The number of hydrogen-bond donors (Lipinski definition) is 0. The average molecular weight is 380 g/mol. The Morgan fingerprint density at radius 3 is 2.00 bits per heavy atom. The Balaban J connectivity index is 2.98. The van der Waals surface area contributed by atoms with Crippen molar-refractivity contribution in [3.05, 3.63) is 28.1 Å². The van der Waals surface area contributed by atoms with Gasteiger partial charge in [0.25, 0.3) is 0 Å². The van der Waals surface area contributed by atoms with Crippen molar-refractivity contribution in [1.82, 2.24) is 0 Å². The molecule has 0 aromatic rings. The smallest absolute Gasteiger partial charge is 0.200 e. The van der Waals surface area contributed by atoms with Gasteiger partial charge in [0, 0.05) is 6.42 Å². The fourth-order valence-electron chi connectivity index (χ4n) is 3.48. The molecule has 1 aliphatic rings. The van der Waals surface area contributed by atoms with Crippen LogP contribution in [0.4, 0.5) is 8.78 Å². The minimum absolute atomic E-state index is 0.0131. The maximum Gasteiger partial charge on any atom is 0.200 e. The third kappa shape index (κ3) is 3.85. The molecule has 0 heterocycles. The van der Waals surface area contributed by atoms with Gasteiger partial charge < -0.3 is 4.43 Å². The zero-order chi connectivity index (χ0) is 16.4. The molecule has 121 valence electrons. The van der Waals surface area contributed by atoms with E-state index in [2.05, 4.69) is 57.5 Å². The summed E-state index contributed by atoms with van der Waals surface area (Å²) in [4.78, 5) is 0. The summed E-state index contributed by atoms with van der Waals surface area (Å²) in [5.41, 5.74) is 2.13. The van der Waals surface area contributed by atoms with E-state index in [1.807, 2.05) is 0 Å². The summed E-state index contributed by atoms with van der Waals surface area (Å²) in [7, 11) is -1.99. The predicted molar refractivity (Wildman–Crippen MR) is 91.1 cm³/mol. The molecule has 1 radical (unpaired) electrons. The van der Waals surface area contributed by atoms with E-state index in [1.54, 1.807) is 6.42 Å². The topological polar surface area (TPSA) is 9.23 Å². The predicted octanol–water partition coefficient (Wildman–Crippen LogP) is 6.59. The molecule has 1 aliphatic carbocycles. The number of hydrogen-bond acceptors (Lipinski definition) is 1.